The lowest BCUT2D eigenvalue weighted by Gasteiger charge is -2.58. The molecule has 8 atom stereocenters. The van der Waals surface area contributed by atoms with Crippen molar-refractivity contribution in [3.05, 3.63) is 77.9 Å². The van der Waals surface area contributed by atoms with Gasteiger partial charge in [0.2, 0.25) is 0 Å². The summed E-state index contributed by atoms with van der Waals surface area (Å²) in [6, 6.07) is 2.45. The quantitative estimate of drug-likeness (QED) is 0.356. The fourth-order valence-corrected chi connectivity index (χ4v) is 9.99. The van der Waals surface area contributed by atoms with Crippen molar-refractivity contribution < 1.29 is 10.2 Å². The maximum Gasteiger partial charge on any atom is 0.115 e. The van der Waals surface area contributed by atoms with E-state index in [2.05, 4.69) is 57.6 Å². The van der Waals surface area contributed by atoms with E-state index in [9.17, 15) is 10.2 Å². The van der Waals surface area contributed by atoms with E-state index in [4.69, 9.17) is 4.98 Å². The van der Waals surface area contributed by atoms with Gasteiger partial charge in [-0.1, -0.05) is 36.5 Å². The second-order valence-corrected chi connectivity index (χ2v) is 14.0. The number of hydrogen-bond donors (Lipinski definition) is 3. The lowest BCUT2D eigenvalue weighted by atomic mass is 9.54. The van der Waals surface area contributed by atoms with Crippen LogP contribution in [0.2, 0.25) is 0 Å². The number of pyridine rings is 1. The number of rotatable bonds is 1. The molecule has 6 heterocycles. The average molecular weight is 567 g/mol. The first-order chi connectivity index (χ1) is 20.6. The first-order valence-corrected chi connectivity index (χ1v) is 16.7. The van der Waals surface area contributed by atoms with Gasteiger partial charge in [0, 0.05) is 30.1 Å². The van der Waals surface area contributed by atoms with E-state index in [0.29, 0.717) is 17.7 Å². The van der Waals surface area contributed by atoms with E-state index >= 15 is 0 Å². The Kier molecular flexibility index (Phi) is 6.73. The van der Waals surface area contributed by atoms with E-state index in [1.165, 1.54) is 43.2 Å². The number of piperidine rings is 1. The smallest absolute Gasteiger partial charge is 0.115 e. The highest BCUT2D eigenvalue weighted by Crippen LogP contribution is 2.62. The van der Waals surface area contributed by atoms with Gasteiger partial charge in [-0.25, -0.2) is 0 Å². The van der Waals surface area contributed by atoms with Crippen molar-refractivity contribution >= 4 is 11.3 Å². The van der Waals surface area contributed by atoms with Crippen LogP contribution in [0.3, 0.4) is 0 Å². The molecule has 42 heavy (non-hydrogen) atoms. The van der Waals surface area contributed by atoms with E-state index in [1.54, 1.807) is 6.08 Å². The molecular weight excluding hydrogens is 520 g/mol. The molecule has 6 heteroatoms. The third-order valence-corrected chi connectivity index (χ3v) is 11.6. The first kappa shape index (κ1) is 26.9. The minimum absolute atomic E-state index is 0.0358. The van der Waals surface area contributed by atoms with Gasteiger partial charge < -0.3 is 20.4 Å². The lowest BCUT2D eigenvalue weighted by Crippen LogP contribution is -2.65. The molecule has 3 N–H and O–H groups in total. The average Bonchev–Trinajstić information content (AvgIpc) is 3.50. The fraction of sp³-hybridized carbons (Fsp3) is 0.583. The number of allylic oxidation sites excluding steroid dienone is 6. The van der Waals surface area contributed by atoms with E-state index in [0.717, 1.165) is 69.7 Å². The molecule has 2 fully saturated rings. The fourth-order valence-electron chi connectivity index (χ4n) is 9.99. The van der Waals surface area contributed by atoms with Crippen molar-refractivity contribution in [3.8, 4) is 0 Å². The van der Waals surface area contributed by atoms with Crippen LogP contribution in [-0.2, 0) is 0 Å². The van der Waals surface area contributed by atoms with Crippen molar-refractivity contribution in [2.24, 2.45) is 11.3 Å². The minimum Gasteiger partial charge on any atom is -0.510 e. The summed E-state index contributed by atoms with van der Waals surface area (Å²) in [6.07, 6.45) is 30.8. The highest BCUT2D eigenvalue weighted by Gasteiger charge is 2.65. The summed E-state index contributed by atoms with van der Waals surface area (Å²) < 4.78 is 0. The molecule has 0 amide bonds. The molecule has 5 aliphatic heterocycles. The lowest BCUT2D eigenvalue weighted by molar-refractivity contribution is -0.0895. The van der Waals surface area contributed by atoms with Gasteiger partial charge in [0.15, 0.2) is 0 Å². The molecular formula is C36H46N4O2. The molecule has 4 unspecified atom stereocenters. The summed E-state index contributed by atoms with van der Waals surface area (Å²) in [5.74, 6) is 0.820. The standard InChI is InChI=1S/C36H46N4O2/c41-30-14-11-13-26-27-15-18-37-32(33(27)38-31(26)30)28-23-36(42)17-8-4-1-2-5-9-19-39-21-16-29(28)35(24-39)22-25-12-7-3-6-10-20-40(25)34(35)36/h1,4,7,11-15,18,23,25-26,29,31,34,38,41-42H,2-3,5-6,8-10,16-17,19-22,24H2/b4-1-,12-7-/t25?,26?,29-,31?,34+,35-,36-/m0/s1. The van der Waals surface area contributed by atoms with Crippen LogP contribution >= 0.6 is 0 Å². The van der Waals surface area contributed by atoms with Gasteiger partial charge in [-0.15, -0.1) is 0 Å². The van der Waals surface area contributed by atoms with Crippen LogP contribution in [0.1, 0.15) is 81.4 Å². The van der Waals surface area contributed by atoms with Gasteiger partial charge in [-0.05, 0) is 119 Å². The van der Waals surface area contributed by atoms with E-state index < -0.39 is 5.60 Å². The minimum atomic E-state index is -0.938. The Morgan fingerprint density at radius 1 is 0.976 bits per heavy atom. The molecule has 2 aliphatic carbocycles. The Morgan fingerprint density at radius 3 is 2.76 bits per heavy atom. The monoisotopic (exact) mass is 566 g/mol. The van der Waals surface area contributed by atoms with Crippen molar-refractivity contribution in [1.82, 2.24) is 14.8 Å². The van der Waals surface area contributed by atoms with Gasteiger partial charge in [0.1, 0.15) is 5.76 Å². The summed E-state index contributed by atoms with van der Waals surface area (Å²) >= 11 is 0. The number of nitrogens with one attached hydrogen (secondary N) is 1. The molecule has 3 bridgehead atoms. The van der Waals surface area contributed by atoms with E-state index in [-0.39, 0.29) is 23.4 Å². The van der Waals surface area contributed by atoms with Crippen LogP contribution < -0.4 is 5.32 Å². The molecule has 7 aliphatic rings. The number of anilines is 1. The zero-order valence-electron chi connectivity index (χ0n) is 24.8. The third kappa shape index (κ3) is 4.20. The van der Waals surface area contributed by atoms with Crippen LogP contribution in [0.4, 0.5) is 5.69 Å². The highest BCUT2D eigenvalue weighted by molar-refractivity contribution is 5.82. The SMILES string of the molecule is OC1=CC=CC2c3ccnc(C4=C[C@@]5(O)CC/C=C\CCCCN6CC[C@@H]4[C@]4(CC7/C=C\CCCCN7[C@H]45)C6)c3NC12. The molecule has 1 aromatic heterocycles. The first-order valence-electron chi connectivity index (χ1n) is 16.7. The maximum atomic E-state index is 13.1. The van der Waals surface area contributed by atoms with Gasteiger partial charge in [0.05, 0.1) is 29.1 Å². The van der Waals surface area contributed by atoms with Gasteiger partial charge in [0.25, 0.3) is 0 Å². The Bertz CT molecular complexity index is 1380. The van der Waals surface area contributed by atoms with Crippen LogP contribution in [0.25, 0.3) is 5.57 Å². The number of aliphatic hydroxyl groups excluding tert-OH is 1. The van der Waals surface area contributed by atoms with E-state index in [1.807, 2.05) is 12.3 Å². The van der Waals surface area contributed by atoms with Crippen LogP contribution in [0.15, 0.2) is 66.6 Å². The number of fused-ring (bicyclic) bond motifs is 5. The second kappa shape index (κ2) is 10.5. The van der Waals surface area contributed by atoms with Crippen molar-refractivity contribution in [3.63, 3.8) is 0 Å². The normalized spacial score (nSPS) is 42.5. The Hall–Kier alpha value is -2.67. The van der Waals surface area contributed by atoms with Crippen molar-refractivity contribution in [2.45, 2.75) is 93.9 Å². The largest absolute Gasteiger partial charge is 0.510 e. The number of aromatic nitrogens is 1. The molecule has 222 valence electrons. The molecule has 6 nitrogen and oxygen atoms in total. The number of aliphatic hydroxyl groups is 2. The molecule has 0 saturated carbocycles. The molecule has 0 radical (unpaired) electrons. The van der Waals surface area contributed by atoms with Gasteiger partial charge in [-0.2, -0.15) is 0 Å². The molecule has 8 rings (SSSR count). The summed E-state index contributed by atoms with van der Waals surface area (Å²) in [6.45, 7) is 4.37. The predicted molar refractivity (Wildman–Crippen MR) is 168 cm³/mol. The zero-order valence-corrected chi connectivity index (χ0v) is 24.8. The van der Waals surface area contributed by atoms with Gasteiger partial charge in [-0.3, -0.25) is 9.88 Å². The van der Waals surface area contributed by atoms with Gasteiger partial charge >= 0.3 is 0 Å². The second-order valence-electron chi connectivity index (χ2n) is 14.0. The van der Waals surface area contributed by atoms with Crippen LogP contribution in [0, 0.1) is 11.3 Å². The Morgan fingerprint density at radius 2 is 1.83 bits per heavy atom. The summed E-state index contributed by atoms with van der Waals surface area (Å²) in [7, 11) is 0. The summed E-state index contributed by atoms with van der Waals surface area (Å²) in [5, 5.41) is 27.5. The predicted octanol–water partition coefficient (Wildman–Crippen LogP) is 6.11. The number of hydrogen-bond acceptors (Lipinski definition) is 6. The molecule has 2 saturated heterocycles. The van der Waals surface area contributed by atoms with Crippen LogP contribution in [-0.4, -0.2) is 74.9 Å². The number of nitrogens with zero attached hydrogens (tertiary/aromatic N) is 3. The van der Waals surface area contributed by atoms with Crippen LogP contribution in [0.5, 0.6) is 0 Å². The van der Waals surface area contributed by atoms with Crippen molar-refractivity contribution in [1.29, 1.82) is 0 Å². The maximum absolute atomic E-state index is 13.1. The molecule has 1 spiro atoms. The Labute approximate surface area is 250 Å². The molecule has 1 aromatic rings. The Balaban J connectivity index is 1.30. The topological polar surface area (TPSA) is 71.9 Å². The summed E-state index contributed by atoms with van der Waals surface area (Å²) in [5.41, 5.74) is 3.51. The van der Waals surface area contributed by atoms with Crippen molar-refractivity contribution in [2.75, 3.05) is 31.5 Å². The summed E-state index contributed by atoms with van der Waals surface area (Å²) in [4.78, 5) is 10.6. The highest BCUT2D eigenvalue weighted by atomic mass is 16.3. The third-order valence-electron chi connectivity index (χ3n) is 11.6. The zero-order chi connectivity index (χ0) is 28.3. The molecule has 0 aromatic carbocycles.